The SMILES string of the molecule is CS(=O)(=O)OC[C@H]1NC(=O)[C@H]1n1c(-c2ccccc2)c(-c2ccccc2)oc1=O. The third kappa shape index (κ3) is 3.74. The molecule has 1 saturated heterocycles. The molecule has 1 amide bonds. The van der Waals surface area contributed by atoms with Gasteiger partial charge in [0.25, 0.3) is 10.1 Å². The van der Waals surface area contributed by atoms with Gasteiger partial charge in [0.2, 0.25) is 5.91 Å². The van der Waals surface area contributed by atoms with Crippen molar-refractivity contribution < 1.29 is 21.8 Å². The van der Waals surface area contributed by atoms with Gasteiger partial charge in [0.15, 0.2) is 5.76 Å². The Morgan fingerprint density at radius 2 is 1.59 bits per heavy atom. The lowest BCUT2D eigenvalue weighted by Gasteiger charge is -2.36. The first-order valence-electron chi connectivity index (χ1n) is 8.86. The number of amides is 1. The first-order chi connectivity index (χ1) is 13.8. The molecule has 1 aromatic heterocycles. The molecule has 2 atom stereocenters. The number of carbonyl (C=O) groups excluding carboxylic acids is 1. The number of aromatic nitrogens is 1. The minimum atomic E-state index is -3.69. The Bertz CT molecular complexity index is 1200. The molecule has 29 heavy (non-hydrogen) atoms. The van der Waals surface area contributed by atoms with Crippen molar-refractivity contribution in [1.29, 1.82) is 0 Å². The van der Waals surface area contributed by atoms with E-state index in [0.29, 0.717) is 22.6 Å². The van der Waals surface area contributed by atoms with E-state index in [9.17, 15) is 18.0 Å². The summed E-state index contributed by atoms with van der Waals surface area (Å²) in [7, 11) is -3.69. The van der Waals surface area contributed by atoms with Crippen molar-refractivity contribution in [3.05, 3.63) is 71.2 Å². The van der Waals surface area contributed by atoms with Crippen LogP contribution in [0.25, 0.3) is 22.6 Å². The molecule has 0 saturated carbocycles. The maximum absolute atomic E-state index is 12.8. The van der Waals surface area contributed by atoms with Crippen LogP contribution in [-0.2, 0) is 19.1 Å². The zero-order chi connectivity index (χ0) is 20.6. The van der Waals surface area contributed by atoms with Crippen LogP contribution < -0.4 is 11.1 Å². The summed E-state index contributed by atoms with van der Waals surface area (Å²) in [5.41, 5.74) is 1.83. The van der Waals surface area contributed by atoms with Gasteiger partial charge in [0.1, 0.15) is 6.04 Å². The second kappa shape index (κ2) is 7.34. The fraction of sp³-hybridized carbons (Fsp3) is 0.200. The molecular formula is C20H18N2O6S. The van der Waals surface area contributed by atoms with Crippen LogP contribution in [0.5, 0.6) is 0 Å². The fourth-order valence-electron chi connectivity index (χ4n) is 3.35. The van der Waals surface area contributed by atoms with E-state index < -0.39 is 33.9 Å². The Kier molecular flexibility index (Phi) is 4.85. The van der Waals surface area contributed by atoms with Crippen LogP contribution in [0.15, 0.2) is 69.9 Å². The zero-order valence-electron chi connectivity index (χ0n) is 15.4. The number of rotatable bonds is 6. The Morgan fingerprint density at radius 3 is 2.14 bits per heavy atom. The van der Waals surface area contributed by atoms with E-state index in [2.05, 4.69) is 5.32 Å². The normalized spacial score (nSPS) is 18.9. The minimum Gasteiger partial charge on any atom is -0.407 e. The molecule has 1 fully saturated rings. The number of carbonyl (C=O) groups is 1. The molecule has 4 rings (SSSR count). The second-order valence-electron chi connectivity index (χ2n) is 6.70. The highest BCUT2D eigenvalue weighted by Crippen LogP contribution is 2.35. The molecule has 0 bridgehead atoms. The Hall–Kier alpha value is -3.17. The number of nitrogens with zero attached hydrogens (tertiary/aromatic N) is 1. The van der Waals surface area contributed by atoms with E-state index in [1.807, 2.05) is 48.5 Å². The van der Waals surface area contributed by atoms with Gasteiger partial charge in [0.05, 0.1) is 24.6 Å². The van der Waals surface area contributed by atoms with Gasteiger partial charge in [-0.2, -0.15) is 8.42 Å². The minimum absolute atomic E-state index is 0.276. The number of benzene rings is 2. The van der Waals surface area contributed by atoms with E-state index in [1.54, 1.807) is 12.1 Å². The monoisotopic (exact) mass is 414 g/mol. The fourth-order valence-corrected chi connectivity index (χ4v) is 3.74. The summed E-state index contributed by atoms with van der Waals surface area (Å²) in [5, 5.41) is 2.59. The third-order valence-corrected chi connectivity index (χ3v) is 5.21. The molecule has 1 N–H and O–H groups in total. The van der Waals surface area contributed by atoms with E-state index in [4.69, 9.17) is 8.60 Å². The zero-order valence-corrected chi connectivity index (χ0v) is 16.3. The van der Waals surface area contributed by atoms with Gasteiger partial charge in [-0.1, -0.05) is 60.7 Å². The van der Waals surface area contributed by atoms with Crippen LogP contribution in [0.4, 0.5) is 0 Å². The molecule has 0 unspecified atom stereocenters. The predicted octanol–water partition coefficient (Wildman–Crippen LogP) is 1.79. The Labute approximate surface area is 166 Å². The molecule has 9 heteroatoms. The lowest BCUT2D eigenvalue weighted by atomic mass is 9.97. The van der Waals surface area contributed by atoms with Crippen LogP contribution >= 0.6 is 0 Å². The summed E-state index contributed by atoms with van der Waals surface area (Å²) in [6, 6.07) is 16.6. The molecular weight excluding hydrogens is 396 g/mol. The number of hydrogen-bond donors (Lipinski definition) is 1. The van der Waals surface area contributed by atoms with Gasteiger partial charge in [-0.05, 0) is 0 Å². The van der Waals surface area contributed by atoms with Crippen molar-refractivity contribution in [3.8, 4) is 22.6 Å². The highest BCUT2D eigenvalue weighted by molar-refractivity contribution is 7.85. The van der Waals surface area contributed by atoms with Gasteiger partial charge >= 0.3 is 5.76 Å². The van der Waals surface area contributed by atoms with Gasteiger partial charge < -0.3 is 9.73 Å². The number of nitrogens with one attached hydrogen (secondary N) is 1. The van der Waals surface area contributed by atoms with Crippen LogP contribution in [0.1, 0.15) is 6.04 Å². The Morgan fingerprint density at radius 1 is 1.00 bits per heavy atom. The van der Waals surface area contributed by atoms with E-state index >= 15 is 0 Å². The average Bonchev–Trinajstić information content (AvgIpc) is 3.02. The largest absolute Gasteiger partial charge is 0.420 e. The number of hydrogen-bond acceptors (Lipinski definition) is 6. The summed E-state index contributed by atoms with van der Waals surface area (Å²) in [6.45, 7) is -0.276. The van der Waals surface area contributed by atoms with Crippen molar-refractivity contribution in [3.63, 3.8) is 0 Å². The Balaban J connectivity index is 1.84. The topological polar surface area (TPSA) is 108 Å². The lowest BCUT2D eigenvalue weighted by molar-refractivity contribution is -0.135. The highest BCUT2D eigenvalue weighted by atomic mass is 32.2. The molecule has 2 aromatic carbocycles. The summed E-state index contributed by atoms with van der Waals surface area (Å²) in [5.74, 6) is -0.775. The van der Waals surface area contributed by atoms with Crippen LogP contribution in [0.2, 0.25) is 0 Å². The predicted molar refractivity (Wildman–Crippen MR) is 106 cm³/mol. The molecule has 1 aliphatic heterocycles. The maximum Gasteiger partial charge on any atom is 0.420 e. The molecule has 0 spiro atoms. The van der Waals surface area contributed by atoms with E-state index in [1.165, 1.54) is 4.57 Å². The van der Waals surface area contributed by atoms with Crippen molar-refractivity contribution in [2.45, 2.75) is 12.1 Å². The molecule has 3 aromatic rings. The van der Waals surface area contributed by atoms with Crippen molar-refractivity contribution in [2.75, 3.05) is 12.9 Å². The maximum atomic E-state index is 12.8. The first-order valence-corrected chi connectivity index (χ1v) is 10.7. The standard InChI is InChI=1S/C20H18N2O6S/c1-29(25,26)27-12-15-17(19(23)21-15)22-16(13-8-4-2-5-9-13)18(28-20(22)24)14-10-6-3-7-11-14/h2-11,15,17H,12H2,1H3,(H,21,23)/t15-,17+/m1/s1. The summed E-state index contributed by atoms with van der Waals surface area (Å²) in [6.07, 6.45) is 0.926. The number of oxazole rings is 1. The highest BCUT2D eigenvalue weighted by Gasteiger charge is 2.44. The molecule has 150 valence electrons. The van der Waals surface area contributed by atoms with Gasteiger partial charge in [0, 0.05) is 11.1 Å². The summed E-state index contributed by atoms with van der Waals surface area (Å²) < 4.78 is 34.3. The van der Waals surface area contributed by atoms with Crippen LogP contribution in [0.3, 0.4) is 0 Å². The molecule has 1 aliphatic rings. The van der Waals surface area contributed by atoms with Gasteiger partial charge in [-0.25, -0.2) is 4.79 Å². The molecule has 8 nitrogen and oxygen atoms in total. The van der Waals surface area contributed by atoms with Crippen molar-refractivity contribution >= 4 is 16.0 Å². The first kappa shape index (κ1) is 19.2. The van der Waals surface area contributed by atoms with E-state index in [0.717, 1.165) is 6.26 Å². The smallest absolute Gasteiger partial charge is 0.407 e. The second-order valence-corrected chi connectivity index (χ2v) is 8.34. The summed E-state index contributed by atoms with van der Waals surface area (Å²) >= 11 is 0. The van der Waals surface area contributed by atoms with Gasteiger partial charge in [-0.15, -0.1) is 0 Å². The summed E-state index contributed by atoms with van der Waals surface area (Å²) in [4.78, 5) is 25.1. The lowest BCUT2D eigenvalue weighted by Crippen LogP contribution is -2.62. The van der Waals surface area contributed by atoms with Crippen LogP contribution in [-0.4, -0.2) is 37.8 Å². The van der Waals surface area contributed by atoms with E-state index in [-0.39, 0.29) is 6.61 Å². The van der Waals surface area contributed by atoms with Crippen molar-refractivity contribution in [2.24, 2.45) is 0 Å². The van der Waals surface area contributed by atoms with Crippen molar-refractivity contribution in [1.82, 2.24) is 9.88 Å². The molecule has 0 radical (unpaired) electrons. The average molecular weight is 414 g/mol. The molecule has 2 heterocycles. The van der Waals surface area contributed by atoms with Crippen LogP contribution in [0, 0.1) is 0 Å². The molecule has 0 aliphatic carbocycles. The quantitative estimate of drug-likeness (QED) is 0.487. The number of β-lactam (4-membered cyclic amide) rings is 1. The van der Waals surface area contributed by atoms with Gasteiger partial charge in [-0.3, -0.25) is 13.5 Å². The third-order valence-electron chi connectivity index (χ3n) is 4.64.